The van der Waals surface area contributed by atoms with Crippen LogP contribution in [0.4, 0.5) is 0 Å². The summed E-state index contributed by atoms with van der Waals surface area (Å²) in [4.78, 5) is 11.9. The Hall–Kier alpha value is -1.36. The quantitative estimate of drug-likeness (QED) is 0.745. The number of rotatable bonds is 2. The van der Waals surface area contributed by atoms with E-state index in [0.717, 1.165) is 10.2 Å². The zero-order chi connectivity index (χ0) is 9.26. The molecule has 0 saturated carbocycles. The van der Waals surface area contributed by atoms with E-state index in [1.165, 1.54) is 11.3 Å². The van der Waals surface area contributed by atoms with E-state index < -0.39 is 0 Å². The summed E-state index contributed by atoms with van der Waals surface area (Å²) >= 11 is 1.38. The van der Waals surface area contributed by atoms with Gasteiger partial charge in [-0.25, -0.2) is 4.79 Å². The second kappa shape index (κ2) is 3.18. The molecule has 2 rings (SSSR count). The number of H-pyrrole nitrogens is 1. The third-order valence-corrected chi connectivity index (χ3v) is 2.65. The number of hydrogen-bond acceptors (Lipinski definition) is 4. The molecule has 0 fully saturated rings. The number of esters is 1. The number of nitrogens with zero attached hydrogens (tertiary/aromatic N) is 1. The molecule has 0 radical (unpaired) electrons. The lowest BCUT2D eigenvalue weighted by molar-refractivity contribution is 0.0532. The van der Waals surface area contributed by atoms with Gasteiger partial charge in [0.25, 0.3) is 0 Å². The van der Waals surface area contributed by atoms with Gasteiger partial charge in [-0.3, -0.25) is 5.10 Å². The molecule has 0 bridgehead atoms. The van der Waals surface area contributed by atoms with Crippen LogP contribution in [-0.2, 0) is 4.74 Å². The Labute approximate surface area is 78.5 Å². The molecule has 0 aliphatic carbocycles. The van der Waals surface area contributed by atoms with Crippen molar-refractivity contribution in [2.24, 2.45) is 0 Å². The Balaban J connectivity index is 2.34. The summed E-state index contributed by atoms with van der Waals surface area (Å²) in [6.07, 6.45) is 1.70. The van der Waals surface area contributed by atoms with Crippen molar-refractivity contribution in [1.29, 1.82) is 0 Å². The predicted molar refractivity (Wildman–Crippen MR) is 49.9 cm³/mol. The molecule has 0 atom stereocenters. The highest BCUT2D eigenvalue weighted by molar-refractivity contribution is 7.20. The van der Waals surface area contributed by atoms with Crippen molar-refractivity contribution >= 4 is 27.5 Å². The second-order valence-electron chi connectivity index (χ2n) is 2.48. The van der Waals surface area contributed by atoms with Gasteiger partial charge in [0.05, 0.1) is 23.0 Å². The molecule has 0 unspecified atom stereocenters. The highest BCUT2D eigenvalue weighted by atomic mass is 32.1. The summed E-state index contributed by atoms with van der Waals surface area (Å²) in [6.45, 7) is 2.20. The summed E-state index contributed by atoms with van der Waals surface area (Å²) in [6, 6.07) is 1.75. The number of aromatic amines is 1. The van der Waals surface area contributed by atoms with E-state index in [0.29, 0.717) is 11.5 Å². The smallest absolute Gasteiger partial charge is 0.348 e. The molecular formula is C8H8N2O2S. The molecular weight excluding hydrogens is 188 g/mol. The van der Waals surface area contributed by atoms with Crippen LogP contribution in [0.5, 0.6) is 0 Å². The van der Waals surface area contributed by atoms with Gasteiger partial charge in [0, 0.05) is 0 Å². The van der Waals surface area contributed by atoms with E-state index in [1.54, 1.807) is 19.2 Å². The molecule has 0 aromatic carbocycles. The topological polar surface area (TPSA) is 55.0 Å². The molecule has 2 heterocycles. The van der Waals surface area contributed by atoms with Crippen LogP contribution in [-0.4, -0.2) is 22.8 Å². The van der Waals surface area contributed by atoms with Crippen molar-refractivity contribution in [3.8, 4) is 0 Å². The lowest BCUT2D eigenvalue weighted by Crippen LogP contribution is -2.01. The highest BCUT2D eigenvalue weighted by Gasteiger charge is 2.11. The summed E-state index contributed by atoms with van der Waals surface area (Å²) in [7, 11) is 0. The third kappa shape index (κ3) is 1.42. The predicted octanol–water partition coefficient (Wildman–Crippen LogP) is 1.80. The Morgan fingerprint density at radius 1 is 1.77 bits per heavy atom. The summed E-state index contributed by atoms with van der Waals surface area (Å²) in [5, 5.41) is 6.63. The van der Waals surface area contributed by atoms with Gasteiger partial charge in [-0.2, -0.15) is 5.10 Å². The zero-order valence-electron chi connectivity index (χ0n) is 7.03. The maximum absolute atomic E-state index is 11.3. The van der Waals surface area contributed by atoms with Crippen molar-refractivity contribution in [3.05, 3.63) is 17.1 Å². The van der Waals surface area contributed by atoms with Crippen LogP contribution in [0.15, 0.2) is 12.3 Å². The number of hydrogen-bond donors (Lipinski definition) is 1. The van der Waals surface area contributed by atoms with Gasteiger partial charge >= 0.3 is 5.97 Å². The number of fused-ring (bicyclic) bond motifs is 1. The van der Waals surface area contributed by atoms with Gasteiger partial charge in [-0.15, -0.1) is 11.3 Å². The molecule has 1 N–H and O–H groups in total. The average molecular weight is 196 g/mol. The third-order valence-electron chi connectivity index (χ3n) is 1.60. The van der Waals surface area contributed by atoms with Crippen LogP contribution >= 0.6 is 11.3 Å². The van der Waals surface area contributed by atoms with Crippen LogP contribution in [0, 0.1) is 0 Å². The Kier molecular flexibility index (Phi) is 2.02. The van der Waals surface area contributed by atoms with Gasteiger partial charge in [0.2, 0.25) is 0 Å². The van der Waals surface area contributed by atoms with E-state index in [-0.39, 0.29) is 5.97 Å². The number of carbonyl (C=O) groups is 1. The first-order valence-electron chi connectivity index (χ1n) is 3.91. The minimum atomic E-state index is -0.267. The van der Waals surface area contributed by atoms with Crippen molar-refractivity contribution in [2.45, 2.75) is 6.92 Å². The number of nitrogens with one attached hydrogen (secondary N) is 1. The molecule has 2 aromatic heterocycles. The number of thiophene rings is 1. The Bertz CT molecular complexity index is 403. The molecule has 0 spiro atoms. The Morgan fingerprint density at radius 2 is 2.62 bits per heavy atom. The molecule has 0 aliphatic rings. The maximum atomic E-state index is 11.3. The first-order chi connectivity index (χ1) is 6.31. The number of aromatic nitrogens is 2. The Morgan fingerprint density at radius 3 is 3.31 bits per heavy atom. The van der Waals surface area contributed by atoms with Gasteiger partial charge in [0.15, 0.2) is 0 Å². The normalized spacial score (nSPS) is 10.5. The lowest BCUT2D eigenvalue weighted by Gasteiger charge is -1.95. The molecule has 0 aliphatic heterocycles. The van der Waals surface area contributed by atoms with Crippen LogP contribution in [0.25, 0.3) is 10.2 Å². The highest BCUT2D eigenvalue weighted by Crippen LogP contribution is 2.23. The fourth-order valence-corrected chi connectivity index (χ4v) is 1.93. The second-order valence-corrected chi connectivity index (χ2v) is 3.56. The molecule has 5 heteroatoms. The molecule has 4 nitrogen and oxygen atoms in total. The van der Waals surface area contributed by atoms with Crippen LogP contribution < -0.4 is 0 Å². The molecule has 68 valence electrons. The minimum absolute atomic E-state index is 0.267. The fourth-order valence-electron chi connectivity index (χ4n) is 1.05. The standard InChI is InChI=1S/C8H8N2O2S/c1-2-12-8(11)6-3-5-7(13-6)4-9-10-5/h3-4H,2H2,1H3,(H,9,10). The summed E-state index contributed by atoms with van der Waals surface area (Å²) in [5.41, 5.74) is 0.882. The van der Waals surface area contributed by atoms with Gasteiger partial charge in [0.1, 0.15) is 4.88 Å². The van der Waals surface area contributed by atoms with E-state index in [9.17, 15) is 4.79 Å². The largest absolute Gasteiger partial charge is 0.462 e. The number of ether oxygens (including phenoxy) is 1. The monoisotopic (exact) mass is 196 g/mol. The van der Waals surface area contributed by atoms with Crippen molar-refractivity contribution < 1.29 is 9.53 Å². The van der Waals surface area contributed by atoms with Crippen molar-refractivity contribution in [2.75, 3.05) is 6.61 Å². The van der Waals surface area contributed by atoms with Crippen molar-refractivity contribution in [3.63, 3.8) is 0 Å². The summed E-state index contributed by atoms with van der Waals surface area (Å²) in [5.74, 6) is -0.267. The fraction of sp³-hybridized carbons (Fsp3) is 0.250. The SMILES string of the molecule is CCOC(=O)c1cc2[nH]ncc2s1. The summed E-state index contributed by atoms with van der Waals surface area (Å²) < 4.78 is 5.84. The van der Waals surface area contributed by atoms with Crippen LogP contribution in [0.3, 0.4) is 0 Å². The van der Waals surface area contributed by atoms with E-state index >= 15 is 0 Å². The van der Waals surface area contributed by atoms with Gasteiger partial charge in [-0.1, -0.05) is 0 Å². The van der Waals surface area contributed by atoms with Gasteiger partial charge < -0.3 is 4.74 Å². The lowest BCUT2D eigenvalue weighted by atomic mass is 10.4. The van der Waals surface area contributed by atoms with Gasteiger partial charge in [-0.05, 0) is 13.0 Å². The number of carbonyl (C=O) groups excluding carboxylic acids is 1. The molecule has 2 aromatic rings. The van der Waals surface area contributed by atoms with Crippen molar-refractivity contribution in [1.82, 2.24) is 10.2 Å². The van der Waals surface area contributed by atoms with Crippen LogP contribution in [0.2, 0.25) is 0 Å². The molecule has 13 heavy (non-hydrogen) atoms. The zero-order valence-corrected chi connectivity index (χ0v) is 7.85. The minimum Gasteiger partial charge on any atom is -0.462 e. The van der Waals surface area contributed by atoms with E-state index in [2.05, 4.69) is 10.2 Å². The first kappa shape index (κ1) is 8.25. The molecule has 0 saturated heterocycles. The van der Waals surface area contributed by atoms with E-state index in [1.807, 2.05) is 0 Å². The molecule has 0 amide bonds. The average Bonchev–Trinajstić information content (AvgIpc) is 2.61. The van der Waals surface area contributed by atoms with E-state index in [4.69, 9.17) is 4.74 Å². The van der Waals surface area contributed by atoms with Crippen LogP contribution in [0.1, 0.15) is 16.6 Å². The maximum Gasteiger partial charge on any atom is 0.348 e. The first-order valence-corrected chi connectivity index (χ1v) is 4.73.